The molecule has 5 nitrogen and oxygen atoms in total. The van der Waals surface area contributed by atoms with Gasteiger partial charge in [0.15, 0.2) is 0 Å². The summed E-state index contributed by atoms with van der Waals surface area (Å²) in [6.07, 6.45) is 2.38. The van der Waals surface area contributed by atoms with E-state index in [0.29, 0.717) is 5.57 Å². The van der Waals surface area contributed by atoms with Crippen LogP contribution < -0.4 is 0 Å². The van der Waals surface area contributed by atoms with Gasteiger partial charge in [-0.1, -0.05) is 13.0 Å². The monoisotopic (exact) mass is 292 g/mol. The highest BCUT2D eigenvalue weighted by Crippen LogP contribution is 2.76. The second kappa shape index (κ2) is 3.88. The van der Waals surface area contributed by atoms with Gasteiger partial charge >= 0.3 is 11.9 Å². The lowest BCUT2D eigenvalue weighted by molar-refractivity contribution is -0.159. The molecule has 0 radical (unpaired) electrons. The summed E-state index contributed by atoms with van der Waals surface area (Å²) in [5.74, 6) is -0.512. The van der Waals surface area contributed by atoms with E-state index in [-0.39, 0.29) is 30.5 Å². The van der Waals surface area contributed by atoms with Crippen LogP contribution in [-0.4, -0.2) is 35.9 Å². The van der Waals surface area contributed by atoms with Crippen LogP contribution >= 0.6 is 0 Å². The zero-order chi connectivity index (χ0) is 15.0. The standard InChI is InChI=1S/C16H20O5/c1-8(2)13(18)20-7-15-4-3-5-16(15)10-6-9(15)11(17)12(10)21-14(16)19/h9-12,17H,1,3-7H2,2H3. The van der Waals surface area contributed by atoms with Crippen LogP contribution in [0.3, 0.4) is 0 Å². The molecule has 4 rings (SSSR count). The fourth-order valence-corrected chi connectivity index (χ4v) is 5.74. The van der Waals surface area contributed by atoms with E-state index in [2.05, 4.69) is 6.58 Å². The molecule has 4 aliphatic rings. The first-order valence-corrected chi connectivity index (χ1v) is 7.66. The minimum absolute atomic E-state index is 0.000582. The van der Waals surface area contributed by atoms with Crippen molar-refractivity contribution in [3.8, 4) is 0 Å². The Labute approximate surface area is 123 Å². The first-order chi connectivity index (χ1) is 9.94. The molecule has 0 aromatic heterocycles. The zero-order valence-corrected chi connectivity index (χ0v) is 12.1. The van der Waals surface area contributed by atoms with Crippen LogP contribution in [0.1, 0.15) is 32.6 Å². The molecule has 114 valence electrons. The maximum absolute atomic E-state index is 12.5. The second-order valence-electron chi connectivity index (χ2n) is 7.15. The van der Waals surface area contributed by atoms with Crippen molar-refractivity contribution in [1.82, 2.24) is 0 Å². The largest absolute Gasteiger partial charge is 0.462 e. The second-order valence-corrected chi connectivity index (χ2v) is 7.15. The average Bonchev–Trinajstić information content (AvgIpc) is 3.09. The van der Waals surface area contributed by atoms with Gasteiger partial charge in [0.2, 0.25) is 0 Å². The van der Waals surface area contributed by atoms with Crippen LogP contribution in [-0.2, 0) is 19.1 Å². The summed E-state index contributed by atoms with van der Waals surface area (Å²) >= 11 is 0. The van der Waals surface area contributed by atoms with E-state index in [1.54, 1.807) is 6.92 Å². The van der Waals surface area contributed by atoms with Crippen molar-refractivity contribution < 1.29 is 24.2 Å². The first-order valence-electron chi connectivity index (χ1n) is 7.66. The Morgan fingerprint density at radius 2 is 2.24 bits per heavy atom. The molecule has 0 amide bonds. The number of aliphatic hydroxyl groups is 1. The Hall–Kier alpha value is -1.36. The molecule has 3 aliphatic carbocycles. The van der Waals surface area contributed by atoms with Crippen LogP contribution in [0.5, 0.6) is 0 Å². The Morgan fingerprint density at radius 1 is 1.48 bits per heavy atom. The number of carbonyl (C=O) groups excluding carboxylic acids is 2. The number of esters is 2. The Morgan fingerprint density at radius 3 is 2.95 bits per heavy atom. The minimum Gasteiger partial charge on any atom is -0.462 e. The predicted octanol–water partition coefficient (Wildman–Crippen LogP) is 1.20. The summed E-state index contributed by atoms with van der Waals surface area (Å²) in [5, 5.41) is 10.5. The Bertz CT molecular complexity index is 555. The summed E-state index contributed by atoms with van der Waals surface area (Å²) in [7, 11) is 0. The number of fused-ring (bicyclic) bond motifs is 2. The van der Waals surface area contributed by atoms with Crippen LogP contribution in [0.25, 0.3) is 0 Å². The van der Waals surface area contributed by atoms with Crippen LogP contribution in [0, 0.1) is 22.7 Å². The Kier molecular flexibility index (Phi) is 2.46. The fourth-order valence-electron chi connectivity index (χ4n) is 5.74. The van der Waals surface area contributed by atoms with Crippen molar-refractivity contribution in [2.75, 3.05) is 6.61 Å². The average molecular weight is 292 g/mol. The van der Waals surface area contributed by atoms with Gasteiger partial charge in [0, 0.05) is 16.9 Å². The zero-order valence-electron chi connectivity index (χ0n) is 12.1. The molecule has 1 spiro atoms. The normalized spacial score (nSPS) is 49.1. The lowest BCUT2D eigenvalue weighted by Gasteiger charge is -2.44. The van der Waals surface area contributed by atoms with Crippen molar-refractivity contribution in [2.24, 2.45) is 22.7 Å². The molecular formula is C16H20O5. The van der Waals surface area contributed by atoms with Crippen molar-refractivity contribution >= 4 is 11.9 Å². The Balaban J connectivity index is 1.71. The summed E-state index contributed by atoms with van der Waals surface area (Å²) < 4.78 is 10.9. The van der Waals surface area contributed by atoms with Crippen molar-refractivity contribution in [1.29, 1.82) is 0 Å². The van der Waals surface area contributed by atoms with E-state index < -0.39 is 22.9 Å². The van der Waals surface area contributed by atoms with Gasteiger partial charge in [-0.25, -0.2) is 4.79 Å². The molecule has 21 heavy (non-hydrogen) atoms. The highest BCUT2D eigenvalue weighted by atomic mass is 16.6. The van der Waals surface area contributed by atoms with E-state index >= 15 is 0 Å². The van der Waals surface area contributed by atoms with Gasteiger partial charge in [0.05, 0.1) is 18.1 Å². The lowest BCUT2D eigenvalue weighted by atomic mass is 9.58. The summed E-state index contributed by atoms with van der Waals surface area (Å²) in [6, 6.07) is 0. The predicted molar refractivity (Wildman–Crippen MR) is 72.0 cm³/mol. The number of hydrogen-bond acceptors (Lipinski definition) is 5. The lowest BCUT2D eigenvalue weighted by Crippen LogP contribution is -2.53. The van der Waals surface area contributed by atoms with E-state index in [9.17, 15) is 14.7 Å². The van der Waals surface area contributed by atoms with Gasteiger partial charge in [0.1, 0.15) is 6.10 Å². The van der Waals surface area contributed by atoms with E-state index in [1.807, 2.05) is 0 Å². The van der Waals surface area contributed by atoms with E-state index in [4.69, 9.17) is 9.47 Å². The highest BCUT2D eigenvalue weighted by Gasteiger charge is 2.82. The van der Waals surface area contributed by atoms with Crippen molar-refractivity contribution in [3.05, 3.63) is 12.2 Å². The maximum atomic E-state index is 12.5. The summed E-state index contributed by atoms with van der Waals surface area (Å²) in [6.45, 7) is 5.40. The van der Waals surface area contributed by atoms with Gasteiger partial charge in [-0.3, -0.25) is 4.79 Å². The SMILES string of the molecule is C=C(C)C(=O)OCC12CCCC13C(=O)OC1C(O)C2CC13. The fraction of sp³-hybridized carbons (Fsp3) is 0.750. The van der Waals surface area contributed by atoms with E-state index in [0.717, 1.165) is 25.7 Å². The van der Waals surface area contributed by atoms with Crippen LogP contribution in [0.15, 0.2) is 12.2 Å². The third-order valence-electron chi connectivity index (χ3n) is 6.50. The molecule has 1 aliphatic heterocycles. The smallest absolute Gasteiger partial charge is 0.333 e. The third-order valence-corrected chi connectivity index (χ3v) is 6.50. The first kappa shape index (κ1) is 13.3. The molecule has 1 saturated heterocycles. The number of aliphatic hydroxyl groups excluding tert-OH is 1. The van der Waals surface area contributed by atoms with Gasteiger partial charge in [-0.05, 0) is 32.1 Å². The molecule has 5 heteroatoms. The van der Waals surface area contributed by atoms with Crippen molar-refractivity contribution in [3.63, 3.8) is 0 Å². The third kappa shape index (κ3) is 1.27. The number of rotatable bonds is 3. The molecule has 4 fully saturated rings. The van der Waals surface area contributed by atoms with Gasteiger partial charge in [-0.2, -0.15) is 0 Å². The van der Waals surface area contributed by atoms with Gasteiger partial charge < -0.3 is 14.6 Å². The molecule has 0 aromatic rings. The summed E-state index contributed by atoms with van der Waals surface area (Å²) in [4.78, 5) is 24.3. The molecule has 6 unspecified atom stereocenters. The molecule has 3 saturated carbocycles. The summed E-state index contributed by atoms with van der Waals surface area (Å²) in [5.41, 5.74) is -0.613. The highest BCUT2D eigenvalue weighted by molar-refractivity contribution is 5.87. The van der Waals surface area contributed by atoms with Crippen LogP contribution in [0.4, 0.5) is 0 Å². The number of hydrogen-bond donors (Lipinski definition) is 1. The van der Waals surface area contributed by atoms with Crippen molar-refractivity contribution in [2.45, 2.75) is 44.8 Å². The molecule has 1 heterocycles. The molecule has 0 aromatic carbocycles. The van der Waals surface area contributed by atoms with E-state index in [1.165, 1.54) is 0 Å². The van der Waals surface area contributed by atoms with Gasteiger partial charge in [0.25, 0.3) is 0 Å². The topological polar surface area (TPSA) is 72.8 Å². The molecule has 6 atom stereocenters. The maximum Gasteiger partial charge on any atom is 0.333 e. The number of ether oxygens (including phenoxy) is 2. The van der Waals surface area contributed by atoms with Crippen LogP contribution in [0.2, 0.25) is 0 Å². The van der Waals surface area contributed by atoms with Gasteiger partial charge in [-0.15, -0.1) is 0 Å². The molecule has 2 bridgehead atoms. The molecule has 1 N–H and O–H groups in total. The molecular weight excluding hydrogens is 272 g/mol. The number of carbonyl (C=O) groups is 2. The quantitative estimate of drug-likeness (QED) is 0.625. The minimum atomic E-state index is -0.615.